The topological polar surface area (TPSA) is 58.0 Å². The molecule has 4 nitrogen and oxygen atoms in total. The number of aliphatic hydroxyl groups is 1. The first kappa shape index (κ1) is 22.0. The van der Waals surface area contributed by atoms with Gasteiger partial charge < -0.3 is 10.4 Å². The molecule has 1 unspecified atom stereocenters. The molecule has 0 aliphatic carbocycles. The van der Waals surface area contributed by atoms with E-state index in [0.717, 1.165) is 49.5 Å². The summed E-state index contributed by atoms with van der Waals surface area (Å²) in [5, 5.41) is 17.4. The Bertz CT molecular complexity index is 1340. The Morgan fingerprint density at radius 1 is 0.844 bits per heavy atom. The second kappa shape index (κ2) is 9.49. The number of aromatic nitrogens is 2. The van der Waals surface area contributed by atoms with Crippen LogP contribution in [0.3, 0.4) is 0 Å². The fourth-order valence-corrected chi connectivity index (χ4v) is 4.27. The highest BCUT2D eigenvalue weighted by Crippen LogP contribution is 2.31. The molecule has 160 valence electrons. The molecular weight excluding hydrogens is 438 g/mol. The molecule has 0 fully saturated rings. The van der Waals surface area contributed by atoms with Crippen LogP contribution in [-0.4, -0.2) is 15.1 Å². The summed E-state index contributed by atoms with van der Waals surface area (Å²) in [5.74, 6) is 0. The number of fused-ring (bicyclic) bond motifs is 1. The van der Waals surface area contributed by atoms with Gasteiger partial charge in [-0.1, -0.05) is 42.5 Å². The third kappa shape index (κ3) is 4.50. The summed E-state index contributed by atoms with van der Waals surface area (Å²) in [6.45, 7) is 1.78. The van der Waals surface area contributed by atoms with E-state index >= 15 is 0 Å². The molecule has 0 radical (unpaired) electrons. The highest BCUT2D eigenvalue weighted by Gasteiger charge is 2.08. The van der Waals surface area contributed by atoms with Crippen molar-refractivity contribution in [2.24, 2.45) is 0 Å². The smallest absolute Gasteiger partial charge is 0.123 e. The zero-order chi connectivity index (χ0) is 21.2. The van der Waals surface area contributed by atoms with Gasteiger partial charge in [-0.15, -0.1) is 23.7 Å². The lowest BCUT2D eigenvalue weighted by Crippen LogP contribution is -1.93. The minimum atomic E-state index is -0.475. The minimum absolute atomic E-state index is 0. The SMILES string of the molecule is CC(O)c1cccc(-c2ccc(Nc3ccnc4cc(-c5nccs5)ccc34)cc2)c1.Cl. The molecule has 2 aromatic heterocycles. The van der Waals surface area contributed by atoms with Crippen molar-refractivity contribution in [3.8, 4) is 21.7 Å². The first-order valence-electron chi connectivity index (χ1n) is 10.1. The monoisotopic (exact) mass is 459 g/mol. The molecular formula is C26H22ClN3OS. The summed E-state index contributed by atoms with van der Waals surface area (Å²) >= 11 is 1.62. The number of nitrogens with one attached hydrogen (secondary N) is 1. The Kier molecular flexibility index (Phi) is 6.51. The van der Waals surface area contributed by atoms with Crippen LogP contribution in [0.2, 0.25) is 0 Å². The van der Waals surface area contributed by atoms with Crippen LogP contribution in [0, 0.1) is 0 Å². The maximum atomic E-state index is 9.84. The van der Waals surface area contributed by atoms with Gasteiger partial charge in [0.1, 0.15) is 5.01 Å². The molecule has 6 heteroatoms. The molecule has 0 bridgehead atoms. The van der Waals surface area contributed by atoms with E-state index in [1.165, 1.54) is 0 Å². The molecule has 3 aromatic carbocycles. The largest absolute Gasteiger partial charge is 0.389 e. The molecule has 0 aliphatic rings. The van der Waals surface area contributed by atoms with E-state index in [4.69, 9.17) is 0 Å². The van der Waals surface area contributed by atoms with Crippen LogP contribution >= 0.6 is 23.7 Å². The fourth-order valence-electron chi connectivity index (χ4n) is 3.64. The Labute approximate surface area is 197 Å². The van der Waals surface area contributed by atoms with Crippen molar-refractivity contribution in [2.75, 3.05) is 5.32 Å². The number of halogens is 1. The predicted molar refractivity (Wildman–Crippen MR) is 136 cm³/mol. The highest BCUT2D eigenvalue weighted by atomic mass is 35.5. The van der Waals surface area contributed by atoms with E-state index in [1.54, 1.807) is 18.3 Å². The molecule has 1 atom stereocenters. The van der Waals surface area contributed by atoms with Crippen LogP contribution in [-0.2, 0) is 0 Å². The zero-order valence-corrected chi connectivity index (χ0v) is 19.0. The number of pyridine rings is 1. The highest BCUT2D eigenvalue weighted by molar-refractivity contribution is 7.13. The second-order valence-corrected chi connectivity index (χ2v) is 8.33. The summed E-state index contributed by atoms with van der Waals surface area (Å²) < 4.78 is 0. The van der Waals surface area contributed by atoms with Gasteiger partial charge in [0.05, 0.1) is 11.6 Å². The molecule has 5 rings (SSSR count). The van der Waals surface area contributed by atoms with Gasteiger partial charge in [0.25, 0.3) is 0 Å². The fraction of sp³-hybridized carbons (Fsp3) is 0.0769. The van der Waals surface area contributed by atoms with Gasteiger partial charge in [-0.3, -0.25) is 4.98 Å². The van der Waals surface area contributed by atoms with Crippen molar-refractivity contribution in [2.45, 2.75) is 13.0 Å². The standard InChI is InChI=1S/C26H21N3OS.ClH/c1-17(30)19-3-2-4-20(15-19)18-5-8-22(9-6-18)29-24-11-12-27-25-16-21(7-10-23(24)25)26-28-13-14-31-26;/h2-17,30H,1H3,(H,27,29);1H. The van der Waals surface area contributed by atoms with Gasteiger partial charge in [0.2, 0.25) is 0 Å². The van der Waals surface area contributed by atoms with Crippen molar-refractivity contribution in [3.05, 3.63) is 96.1 Å². The molecule has 0 spiro atoms. The number of hydrogen-bond acceptors (Lipinski definition) is 5. The lowest BCUT2D eigenvalue weighted by molar-refractivity contribution is 0.199. The van der Waals surface area contributed by atoms with E-state index in [2.05, 4.69) is 63.8 Å². The molecule has 2 N–H and O–H groups in total. The van der Waals surface area contributed by atoms with Gasteiger partial charge in [-0.05, 0) is 53.9 Å². The summed E-state index contributed by atoms with van der Waals surface area (Å²) in [4.78, 5) is 8.94. The van der Waals surface area contributed by atoms with E-state index in [0.29, 0.717) is 0 Å². The average Bonchev–Trinajstić information content (AvgIpc) is 3.35. The maximum Gasteiger partial charge on any atom is 0.123 e. The molecule has 2 heterocycles. The lowest BCUT2D eigenvalue weighted by atomic mass is 10.0. The van der Waals surface area contributed by atoms with Gasteiger partial charge in [-0.25, -0.2) is 4.98 Å². The molecule has 0 aliphatic heterocycles. The van der Waals surface area contributed by atoms with Gasteiger partial charge in [0, 0.05) is 40.1 Å². The average molecular weight is 460 g/mol. The third-order valence-corrected chi connectivity index (χ3v) is 6.11. The summed E-state index contributed by atoms with van der Waals surface area (Å²) in [6.07, 6.45) is 3.17. The van der Waals surface area contributed by atoms with Crippen LogP contribution in [0.25, 0.3) is 32.6 Å². The number of rotatable bonds is 5. The van der Waals surface area contributed by atoms with Gasteiger partial charge in [-0.2, -0.15) is 0 Å². The number of aliphatic hydroxyl groups excluding tert-OH is 1. The molecule has 0 saturated carbocycles. The lowest BCUT2D eigenvalue weighted by Gasteiger charge is -2.12. The normalized spacial score (nSPS) is 11.7. The Balaban J connectivity index is 0.00000245. The van der Waals surface area contributed by atoms with E-state index < -0.39 is 6.10 Å². The van der Waals surface area contributed by atoms with Crippen molar-refractivity contribution in [3.63, 3.8) is 0 Å². The van der Waals surface area contributed by atoms with Crippen molar-refractivity contribution in [1.82, 2.24) is 9.97 Å². The predicted octanol–water partition coefficient (Wildman–Crippen LogP) is 7.24. The number of hydrogen-bond donors (Lipinski definition) is 2. The van der Waals surface area contributed by atoms with Crippen LogP contribution in [0.5, 0.6) is 0 Å². The van der Waals surface area contributed by atoms with Crippen molar-refractivity contribution >= 4 is 46.0 Å². The second-order valence-electron chi connectivity index (χ2n) is 7.43. The summed E-state index contributed by atoms with van der Waals surface area (Å²) in [6, 6.07) is 24.6. The maximum absolute atomic E-state index is 9.84. The number of thiazole rings is 1. The Morgan fingerprint density at radius 3 is 2.41 bits per heavy atom. The van der Waals surface area contributed by atoms with Crippen LogP contribution in [0.1, 0.15) is 18.6 Å². The van der Waals surface area contributed by atoms with E-state index in [9.17, 15) is 5.11 Å². The summed E-state index contributed by atoms with van der Waals surface area (Å²) in [5.41, 5.74) is 7.15. The third-order valence-electron chi connectivity index (χ3n) is 5.29. The molecule has 0 amide bonds. The van der Waals surface area contributed by atoms with E-state index in [-0.39, 0.29) is 12.4 Å². The number of benzene rings is 3. The van der Waals surface area contributed by atoms with Gasteiger partial charge in [0.15, 0.2) is 0 Å². The molecule has 32 heavy (non-hydrogen) atoms. The van der Waals surface area contributed by atoms with Crippen LogP contribution < -0.4 is 5.32 Å². The quantitative estimate of drug-likeness (QED) is 0.290. The first-order chi connectivity index (χ1) is 15.2. The number of nitrogens with zero attached hydrogens (tertiary/aromatic N) is 2. The van der Waals surface area contributed by atoms with Crippen LogP contribution in [0.4, 0.5) is 11.4 Å². The van der Waals surface area contributed by atoms with E-state index in [1.807, 2.05) is 42.0 Å². The zero-order valence-electron chi connectivity index (χ0n) is 17.4. The van der Waals surface area contributed by atoms with Crippen LogP contribution in [0.15, 0.2) is 90.6 Å². The van der Waals surface area contributed by atoms with Crippen molar-refractivity contribution in [1.29, 1.82) is 0 Å². The first-order valence-corrected chi connectivity index (χ1v) is 11.0. The Hall–Kier alpha value is -3.25. The number of anilines is 2. The minimum Gasteiger partial charge on any atom is -0.389 e. The van der Waals surface area contributed by atoms with Gasteiger partial charge >= 0.3 is 0 Å². The Morgan fingerprint density at radius 2 is 1.66 bits per heavy atom. The van der Waals surface area contributed by atoms with Crippen molar-refractivity contribution < 1.29 is 5.11 Å². The summed E-state index contributed by atoms with van der Waals surface area (Å²) in [7, 11) is 0. The molecule has 5 aromatic rings. The molecule has 0 saturated heterocycles.